The average molecular weight is 372 g/mol. The molecule has 6 nitrogen and oxygen atoms in total. The molecule has 0 saturated carbocycles. The van der Waals surface area contributed by atoms with Crippen LogP contribution >= 0.6 is 0 Å². The Balaban J connectivity index is 1.74. The molecule has 0 amide bonds. The first-order chi connectivity index (χ1) is 13.5. The third kappa shape index (κ3) is 3.44. The van der Waals surface area contributed by atoms with Crippen molar-refractivity contribution in [2.75, 3.05) is 5.32 Å². The predicted octanol–water partition coefficient (Wildman–Crippen LogP) is 4.61. The molecule has 0 aliphatic rings. The van der Waals surface area contributed by atoms with Gasteiger partial charge in [-0.25, -0.2) is 9.78 Å². The first-order valence-electron chi connectivity index (χ1n) is 9.05. The molecule has 0 spiro atoms. The minimum absolute atomic E-state index is 0.245. The fourth-order valence-electron chi connectivity index (χ4n) is 3.15. The van der Waals surface area contributed by atoms with E-state index in [1.807, 2.05) is 16.8 Å². The van der Waals surface area contributed by atoms with E-state index in [4.69, 9.17) is 10.1 Å². The van der Waals surface area contributed by atoms with E-state index in [9.17, 15) is 4.79 Å². The van der Waals surface area contributed by atoms with Crippen molar-refractivity contribution >= 4 is 22.6 Å². The Morgan fingerprint density at radius 3 is 2.57 bits per heavy atom. The van der Waals surface area contributed by atoms with E-state index >= 15 is 0 Å². The summed E-state index contributed by atoms with van der Waals surface area (Å²) in [7, 11) is 0. The molecule has 2 aromatic carbocycles. The van der Waals surface area contributed by atoms with Gasteiger partial charge in [-0.3, -0.25) is 9.55 Å². The molecule has 140 valence electrons. The summed E-state index contributed by atoms with van der Waals surface area (Å²) in [6.07, 6.45) is 5.37. The lowest BCUT2D eigenvalue weighted by Gasteiger charge is -2.11. The van der Waals surface area contributed by atoms with Crippen molar-refractivity contribution in [2.24, 2.45) is 0 Å². The molecular formula is C22H20N4O2. The minimum Gasteiger partial charge on any atom is -0.478 e. The highest BCUT2D eigenvalue weighted by molar-refractivity contribution is 5.88. The normalized spacial score (nSPS) is 11.1. The van der Waals surface area contributed by atoms with Crippen LogP contribution in [0.1, 0.15) is 24.2 Å². The zero-order chi connectivity index (χ0) is 19.7. The zero-order valence-corrected chi connectivity index (χ0v) is 15.6. The van der Waals surface area contributed by atoms with E-state index in [1.165, 1.54) is 0 Å². The number of aromatic carboxylic acids is 1. The fourth-order valence-corrected chi connectivity index (χ4v) is 3.15. The third-order valence-electron chi connectivity index (χ3n) is 4.44. The molecule has 2 heterocycles. The van der Waals surface area contributed by atoms with Gasteiger partial charge >= 0.3 is 5.97 Å². The molecule has 0 aliphatic heterocycles. The van der Waals surface area contributed by atoms with Crippen LogP contribution in [0.15, 0.2) is 67.1 Å². The van der Waals surface area contributed by atoms with Crippen molar-refractivity contribution in [3.8, 4) is 17.1 Å². The summed E-state index contributed by atoms with van der Waals surface area (Å²) in [6, 6.07) is 15.3. The van der Waals surface area contributed by atoms with Gasteiger partial charge < -0.3 is 10.4 Å². The van der Waals surface area contributed by atoms with Crippen LogP contribution in [0.25, 0.3) is 28.0 Å². The van der Waals surface area contributed by atoms with E-state index < -0.39 is 5.97 Å². The molecule has 0 bridgehead atoms. The monoisotopic (exact) mass is 372 g/mol. The number of carbonyl (C=O) groups is 1. The molecule has 0 atom stereocenters. The van der Waals surface area contributed by atoms with Crippen molar-refractivity contribution in [2.45, 2.75) is 19.9 Å². The smallest absolute Gasteiger partial charge is 0.335 e. The van der Waals surface area contributed by atoms with Crippen LogP contribution in [0.4, 0.5) is 5.69 Å². The second kappa shape index (κ2) is 7.15. The largest absolute Gasteiger partial charge is 0.478 e. The summed E-state index contributed by atoms with van der Waals surface area (Å²) >= 11 is 0. The molecule has 0 radical (unpaired) electrons. The summed E-state index contributed by atoms with van der Waals surface area (Å²) in [5.74, 6) is -0.243. The van der Waals surface area contributed by atoms with Gasteiger partial charge in [-0.15, -0.1) is 0 Å². The molecule has 6 heteroatoms. The van der Waals surface area contributed by atoms with Crippen molar-refractivity contribution in [1.82, 2.24) is 14.5 Å². The second-order valence-corrected chi connectivity index (χ2v) is 6.90. The summed E-state index contributed by atoms with van der Waals surface area (Å²) in [6.45, 7) is 4.21. The van der Waals surface area contributed by atoms with E-state index in [0.717, 1.165) is 22.2 Å². The van der Waals surface area contributed by atoms with Crippen LogP contribution in [0.5, 0.6) is 0 Å². The maximum Gasteiger partial charge on any atom is 0.335 e. The average Bonchev–Trinajstić information content (AvgIpc) is 3.11. The highest BCUT2D eigenvalue weighted by atomic mass is 16.4. The number of carboxylic acid groups (broad SMARTS) is 1. The number of benzene rings is 2. The van der Waals surface area contributed by atoms with Crippen LogP contribution in [0, 0.1) is 0 Å². The summed E-state index contributed by atoms with van der Waals surface area (Å²) < 4.78 is 2.00. The predicted molar refractivity (Wildman–Crippen MR) is 110 cm³/mol. The number of fused-ring (bicyclic) bond motifs is 1. The van der Waals surface area contributed by atoms with Gasteiger partial charge in [0.15, 0.2) is 5.82 Å². The Morgan fingerprint density at radius 2 is 1.86 bits per heavy atom. The zero-order valence-electron chi connectivity index (χ0n) is 15.6. The lowest BCUT2D eigenvalue weighted by molar-refractivity contribution is 0.0697. The van der Waals surface area contributed by atoms with Crippen molar-refractivity contribution < 1.29 is 9.90 Å². The maximum atomic E-state index is 11.0. The number of aromatic nitrogens is 3. The SMILES string of the molecule is CC(C)Nc1ccc2ccn(-c3cncc(-c4ccc(C(=O)O)cc4)n3)c2c1. The van der Waals surface area contributed by atoms with E-state index in [1.54, 1.807) is 36.7 Å². The topological polar surface area (TPSA) is 80.0 Å². The van der Waals surface area contributed by atoms with Crippen LogP contribution in [0.3, 0.4) is 0 Å². The van der Waals surface area contributed by atoms with Gasteiger partial charge in [0, 0.05) is 28.9 Å². The van der Waals surface area contributed by atoms with Gasteiger partial charge in [0.1, 0.15) is 0 Å². The first-order valence-corrected chi connectivity index (χ1v) is 9.05. The van der Waals surface area contributed by atoms with Crippen LogP contribution in [0.2, 0.25) is 0 Å². The molecule has 0 aliphatic carbocycles. The summed E-state index contributed by atoms with van der Waals surface area (Å²) in [4.78, 5) is 20.1. The lowest BCUT2D eigenvalue weighted by Crippen LogP contribution is -2.09. The molecule has 0 unspecified atom stereocenters. The van der Waals surface area contributed by atoms with Gasteiger partial charge in [-0.2, -0.15) is 0 Å². The quantitative estimate of drug-likeness (QED) is 0.535. The van der Waals surface area contributed by atoms with Gasteiger partial charge in [0.2, 0.25) is 0 Å². The molecular weight excluding hydrogens is 352 g/mol. The number of carboxylic acids is 1. The van der Waals surface area contributed by atoms with Gasteiger partial charge in [0.05, 0.1) is 29.2 Å². The highest BCUT2D eigenvalue weighted by Gasteiger charge is 2.09. The molecule has 2 N–H and O–H groups in total. The number of anilines is 1. The van der Waals surface area contributed by atoms with Crippen LogP contribution in [-0.2, 0) is 0 Å². The Labute approximate surface area is 162 Å². The van der Waals surface area contributed by atoms with E-state index in [-0.39, 0.29) is 5.56 Å². The van der Waals surface area contributed by atoms with Crippen molar-refractivity contribution in [3.63, 3.8) is 0 Å². The standard InChI is InChI=1S/C22H20N4O2/c1-14(2)24-18-8-7-16-9-10-26(20(16)11-18)21-13-23-12-19(25-21)15-3-5-17(6-4-15)22(27)28/h3-14,24H,1-2H3,(H,27,28). The van der Waals surface area contributed by atoms with Gasteiger partial charge in [-0.1, -0.05) is 18.2 Å². The molecule has 4 rings (SSSR count). The molecule has 0 fully saturated rings. The second-order valence-electron chi connectivity index (χ2n) is 6.90. The Bertz CT molecular complexity index is 1150. The van der Waals surface area contributed by atoms with E-state index in [2.05, 4.69) is 42.3 Å². The van der Waals surface area contributed by atoms with Gasteiger partial charge in [0.25, 0.3) is 0 Å². The van der Waals surface area contributed by atoms with E-state index in [0.29, 0.717) is 17.6 Å². The third-order valence-corrected chi connectivity index (χ3v) is 4.44. The molecule has 0 saturated heterocycles. The Morgan fingerprint density at radius 1 is 1.07 bits per heavy atom. The minimum atomic E-state index is -0.948. The fraction of sp³-hybridized carbons (Fsp3) is 0.136. The maximum absolute atomic E-state index is 11.0. The Hall–Kier alpha value is -3.67. The highest BCUT2D eigenvalue weighted by Crippen LogP contribution is 2.25. The summed E-state index contributed by atoms with van der Waals surface area (Å²) in [5, 5.41) is 13.6. The number of rotatable bonds is 5. The van der Waals surface area contributed by atoms with Gasteiger partial charge in [-0.05, 0) is 44.2 Å². The number of nitrogens with one attached hydrogen (secondary N) is 1. The molecule has 28 heavy (non-hydrogen) atoms. The Kier molecular flexibility index (Phi) is 4.53. The number of nitrogens with zero attached hydrogens (tertiary/aromatic N) is 3. The lowest BCUT2D eigenvalue weighted by atomic mass is 10.1. The van der Waals surface area contributed by atoms with Crippen LogP contribution in [-0.4, -0.2) is 31.7 Å². The number of hydrogen-bond acceptors (Lipinski definition) is 4. The van der Waals surface area contributed by atoms with Crippen molar-refractivity contribution in [3.05, 3.63) is 72.7 Å². The molecule has 2 aromatic heterocycles. The van der Waals surface area contributed by atoms with Crippen LogP contribution < -0.4 is 5.32 Å². The number of hydrogen-bond donors (Lipinski definition) is 2. The van der Waals surface area contributed by atoms with Crippen molar-refractivity contribution in [1.29, 1.82) is 0 Å². The summed E-state index contributed by atoms with van der Waals surface area (Å²) in [5.41, 5.74) is 3.84. The molecule has 4 aromatic rings. The first kappa shape index (κ1) is 17.7.